The van der Waals surface area contributed by atoms with E-state index in [2.05, 4.69) is 0 Å². The summed E-state index contributed by atoms with van der Waals surface area (Å²) in [5.74, 6) is 0.0481. The van der Waals surface area contributed by atoms with E-state index >= 15 is 0 Å². The number of piperidine rings is 1. The maximum absolute atomic E-state index is 12.5. The standard InChI is InChI=1S/C18H25NO4/c1-3-9-23-15-6-4-5-14(11-15)12-17(20)19-8-7-13(2)10-16(19)18(21)22/h4-6,11,13,16H,3,7-10,12H2,1-2H3,(H,21,22). The number of carbonyl (C=O) groups excluding carboxylic acids is 1. The normalized spacial score (nSPS) is 21.0. The second-order valence-electron chi connectivity index (χ2n) is 6.24. The second-order valence-corrected chi connectivity index (χ2v) is 6.24. The molecule has 126 valence electrons. The number of nitrogens with zero attached hydrogens (tertiary/aromatic N) is 1. The third kappa shape index (κ3) is 4.71. The van der Waals surface area contributed by atoms with Gasteiger partial charge in [-0.05, 0) is 42.9 Å². The van der Waals surface area contributed by atoms with Crippen LogP contribution in [-0.4, -0.2) is 41.1 Å². The van der Waals surface area contributed by atoms with Gasteiger partial charge in [0, 0.05) is 6.54 Å². The molecule has 2 atom stereocenters. The average molecular weight is 319 g/mol. The van der Waals surface area contributed by atoms with Gasteiger partial charge in [0.25, 0.3) is 0 Å². The highest BCUT2D eigenvalue weighted by Crippen LogP contribution is 2.24. The predicted molar refractivity (Wildman–Crippen MR) is 87.5 cm³/mol. The Morgan fingerprint density at radius 2 is 2.17 bits per heavy atom. The Hall–Kier alpha value is -2.04. The fourth-order valence-corrected chi connectivity index (χ4v) is 2.92. The quantitative estimate of drug-likeness (QED) is 0.875. The van der Waals surface area contributed by atoms with Crippen molar-refractivity contribution in [3.05, 3.63) is 29.8 Å². The molecule has 0 bridgehead atoms. The van der Waals surface area contributed by atoms with Crippen LogP contribution in [0.15, 0.2) is 24.3 Å². The van der Waals surface area contributed by atoms with Crippen molar-refractivity contribution >= 4 is 11.9 Å². The number of carboxylic acid groups (broad SMARTS) is 1. The molecule has 1 aromatic rings. The summed E-state index contributed by atoms with van der Waals surface area (Å²) in [5.41, 5.74) is 0.853. The number of carboxylic acids is 1. The van der Waals surface area contributed by atoms with Gasteiger partial charge in [-0.2, -0.15) is 0 Å². The highest BCUT2D eigenvalue weighted by molar-refractivity contribution is 5.85. The third-order valence-electron chi connectivity index (χ3n) is 4.20. The summed E-state index contributed by atoms with van der Waals surface area (Å²) in [6.07, 6.45) is 2.52. The molecule has 0 radical (unpaired) electrons. The first-order chi connectivity index (χ1) is 11.0. The number of ether oxygens (including phenoxy) is 1. The second kappa shape index (κ2) is 7.99. The molecule has 5 heteroatoms. The monoisotopic (exact) mass is 319 g/mol. The molecule has 1 fully saturated rings. The van der Waals surface area contributed by atoms with E-state index < -0.39 is 12.0 Å². The molecule has 1 heterocycles. The fourth-order valence-electron chi connectivity index (χ4n) is 2.92. The molecule has 0 spiro atoms. The van der Waals surface area contributed by atoms with Crippen LogP contribution in [0, 0.1) is 5.92 Å². The average Bonchev–Trinajstić information content (AvgIpc) is 2.53. The molecule has 1 aromatic carbocycles. The van der Waals surface area contributed by atoms with Gasteiger partial charge in [0.2, 0.25) is 5.91 Å². The Kier molecular flexibility index (Phi) is 6.02. The number of aliphatic carboxylic acids is 1. The van der Waals surface area contributed by atoms with Crippen molar-refractivity contribution in [1.82, 2.24) is 4.90 Å². The van der Waals surface area contributed by atoms with Gasteiger partial charge in [0.15, 0.2) is 0 Å². The topological polar surface area (TPSA) is 66.8 Å². The molecule has 1 aliphatic rings. The van der Waals surface area contributed by atoms with Crippen molar-refractivity contribution in [2.45, 2.75) is 45.6 Å². The SMILES string of the molecule is CCCOc1cccc(CC(=O)N2CCC(C)CC2C(=O)O)c1. The molecular weight excluding hydrogens is 294 g/mol. The van der Waals surface area contributed by atoms with Crippen molar-refractivity contribution in [3.8, 4) is 5.75 Å². The minimum absolute atomic E-state index is 0.128. The van der Waals surface area contributed by atoms with E-state index in [1.54, 1.807) is 0 Å². The van der Waals surface area contributed by atoms with E-state index in [4.69, 9.17) is 4.74 Å². The number of likely N-dealkylation sites (tertiary alicyclic amines) is 1. The van der Waals surface area contributed by atoms with Gasteiger partial charge in [0.05, 0.1) is 13.0 Å². The number of hydrogen-bond donors (Lipinski definition) is 1. The van der Waals surface area contributed by atoms with Gasteiger partial charge < -0.3 is 14.7 Å². The lowest BCUT2D eigenvalue weighted by molar-refractivity contribution is -0.152. The third-order valence-corrected chi connectivity index (χ3v) is 4.20. The van der Waals surface area contributed by atoms with Gasteiger partial charge in [-0.25, -0.2) is 4.79 Å². The Morgan fingerprint density at radius 1 is 1.39 bits per heavy atom. The van der Waals surface area contributed by atoms with Crippen LogP contribution in [0.1, 0.15) is 38.7 Å². The summed E-state index contributed by atoms with van der Waals surface area (Å²) < 4.78 is 5.58. The minimum atomic E-state index is -0.912. The van der Waals surface area contributed by atoms with Crippen LogP contribution >= 0.6 is 0 Å². The molecular formula is C18H25NO4. The first-order valence-electron chi connectivity index (χ1n) is 8.25. The van der Waals surface area contributed by atoms with Crippen LogP contribution in [0.3, 0.4) is 0 Å². The fraction of sp³-hybridized carbons (Fsp3) is 0.556. The minimum Gasteiger partial charge on any atom is -0.494 e. The molecule has 1 amide bonds. The van der Waals surface area contributed by atoms with E-state index in [1.807, 2.05) is 38.1 Å². The highest BCUT2D eigenvalue weighted by Gasteiger charge is 2.34. The zero-order valence-electron chi connectivity index (χ0n) is 13.8. The van der Waals surface area contributed by atoms with Crippen LogP contribution in [0.25, 0.3) is 0 Å². The van der Waals surface area contributed by atoms with E-state index in [9.17, 15) is 14.7 Å². The Labute approximate surface area is 137 Å². The van der Waals surface area contributed by atoms with Gasteiger partial charge in [-0.1, -0.05) is 26.0 Å². The summed E-state index contributed by atoms with van der Waals surface area (Å²) >= 11 is 0. The first kappa shape index (κ1) is 17.3. The Bertz CT molecular complexity index is 558. The smallest absolute Gasteiger partial charge is 0.326 e. The lowest BCUT2D eigenvalue weighted by Crippen LogP contribution is -2.50. The van der Waals surface area contributed by atoms with Crippen LogP contribution in [0.2, 0.25) is 0 Å². The van der Waals surface area contributed by atoms with Gasteiger partial charge in [-0.3, -0.25) is 4.79 Å². The van der Waals surface area contributed by atoms with Crippen molar-refractivity contribution in [1.29, 1.82) is 0 Å². The van der Waals surface area contributed by atoms with Crippen molar-refractivity contribution in [2.75, 3.05) is 13.2 Å². The molecule has 23 heavy (non-hydrogen) atoms. The van der Waals surface area contributed by atoms with Gasteiger partial charge in [0.1, 0.15) is 11.8 Å². The largest absolute Gasteiger partial charge is 0.494 e. The van der Waals surface area contributed by atoms with Crippen molar-refractivity contribution < 1.29 is 19.4 Å². The zero-order chi connectivity index (χ0) is 16.8. The zero-order valence-corrected chi connectivity index (χ0v) is 13.8. The number of amides is 1. The van der Waals surface area contributed by atoms with E-state index in [0.29, 0.717) is 25.5 Å². The highest BCUT2D eigenvalue weighted by atomic mass is 16.5. The summed E-state index contributed by atoms with van der Waals surface area (Å²) in [5, 5.41) is 9.37. The van der Waals surface area contributed by atoms with Crippen LogP contribution in [-0.2, 0) is 16.0 Å². The molecule has 1 aliphatic heterocycles. The van der Waals surface area contributed by atoms with E-state index in [-0.39, 0.29) is 12.3 Å². The molecule has 0 aromatic heterocycles. The number of hydrogen-bond acceptors (Lipinski definition) is 3. The lowest BCUT2D eigenvalue weighted by atomic mass is 9.92. The molecule has 1 N–H and O–H groups in total. The molecule has 1 saturated heterocycles. The van der Waals surface area contributed by atoms with Crippen LogP contribution in [0.5, 0.6) is 5.75 Å². The summed E-state index contributed by atoms with van der Waals surface area (Å²) in [6, 6.07) is 6.76. The predicted octanol–water partition coefficient (Wildman–Crippen LogP) is 2.73. The number of rotatable bonds is 6. The van der Waals surface area contributed by atoms with E-state index in [1.165, 1.54) is 4.90 Å². The molecule has 5 nitrogen and oxygen atoms in total. The van der Waals surface area contributed by atoms with Gasteiger partial charge >= 0.3 is 5.97 Å². The maximum atomic E-state index is 12.5. The Morgan fingerprint density at radius 3 is 2.87 bits per heavy atom. The van der Waals surface area contributed by atoms with E-state index in [0.717, 1.165) is 24.2 Å². The number of carbonyl (C=O) groups is 2. The van der Waals surface area contributed by atoms with Gasteiger partial charge in [-0.15, -0.1) is 0 Å². The molecule has 0 saturated carbocycles. The van der Waals surface area contributed by atoms with Crippen molar-refractivity contribution in [2.24, 2.45) is 5.92 Å². The summed E-state index contributed by atoms with van der Waals surface area (Å²) in [6.45, 7) is 5.23. The molecule has 2 rings (SSSR count). The van der Waals surface area contributed by atoms with Crippen LogP contribution in [0.4, 0.5) is 0 Å². The van der Waals surface area contributed by atoms with Crippen molar-refractivity contribution in [3.63, 3.8) is 0 Å². The number of benzene rings is 1. The Balaban J connectivity index is 2.04. The summed E-state index contributed by atoms with van der Waals surface area (Å²) in [4.78, 5) is 25.5. The van der Waals surface area contributed by atoms with Crippen LogP contribution < -0.4 is 4.74 Å². The lowest BCUT2D eigenvalue weighted by Gasteiger charge is -2.36. The first-order valence-corrected chi connectivity index (χ1v) is 8.25. The molecule has 2 unspecified atom stereocenters. The maximum Gasteiger partial charge on any atom is 0.326 e. The summed E-state index contributed by atoms with van der Waals surface area (Å²) in [7, 11) is 0. The molecule has 0 aliphatic carbocycles.